The lowest BCUT2D eigenvalue weighted by atomic mass is 10.1. The van der Waals surface area contributed by atoms with Crippen molar-refractivity contribution in [1.29, 1.82) is 0 Å². The van der Waals surface area contributed by atoms with Crippen LogP contribution in [0.1, 0.15) is 16.3 Å². The number of hydrogen-bond acceptors (Lipinski definition) is 3. The standard InChI is InChI=1S/C12H14N2S/c1-8-3-5-10(6-4-8)12-11(7-13)14-9(2)15-12/h3-6H,7,13H2,1-2H3. The van der Waals surface area contributed by atoms with Crippen molar-refractivity contribution in [3.05, 3.63) is 40.5 Å². The molecule has 0 spiro atoms. The summed E-state index contributed by atoms with van der Waals surface area (Å²) in [4.78, 5) is 5.63. The first-order valence-corrected chi connectivity index (χ1v) is 5.76. The molecule has 0 aliphatic carbocycles. The molecule has 15 heavy (non-hydrogen) atoms. The predicted octanol–water partition coefficient (Wildman–Crippen LogP) is 2.89. The molecule has 2 nitrogen and oxygen atoms in total. The Morgan fingerprint density at radius 3 is 2.47 bits per heavy atom. The van der Waals surface area contributed by atoms with Gasteiger partial charge in [-0.15, -0.1) is 11.3 Å². The molecule has 0 bridgehead atoms. The van der Waals surface area contributed by atoms with Crippen molar-refractivity contribution in [2.75, 3.05) is 0 Å². The second-order valence-electron chi connectivity index (χ2n) is 3.58. The van der Waals surface area contributed by atoms with Crippen molar-refractivity contribution in [3.63, 3.8) is 0 Å². The number of benzene rings is 1. The van der Waals surface area contributed by atoms with E-state index in [1.54, 1.807) is 11.3 Å². The van der Waals surface area contributed by atoms with E-state index < -0.39 is 0 Å². The van der Waals surface area contributed by atoms with Crippen LogP contribution in [-0.4, -0.2) is 4.98 Å². The van der Waals surface area contributed by atoms with Gasteiger partial charge in [0.15, 0.2) is 0 Å². The average molecular weight is 218 g/mol. The van der Waals surface area contributed by atoms with Crippen LogP contribution >= 0.6 is 11.3 Å². The summed E-state index contributed by atoms with van der Waals surface area (Å²) in [5.41, 5.74) is 9.16. The van der Waals surface area contributed by atoms with Gasteiger partial charge in [-0.2, -0.15) is 0 Å². The van der Waals surface area contributed by atoms with Gasteiger partial charge in [-0.25, -0.2) is 4.98 Å². The van der Waals surface area contributed by atoms with Crippen LogP contribution in [0.25, 0.3) is 10.4 Å². The molecule has 1 aromatic heterocycles. The summed E-state index contributed by atoms with van der Waals surface area (Å²) in [6, 6.07) is 8.48. The zero-order valence-electron chi connectivity index (χ0n) is 8.95. The molecule has 0 radical (unpaired) electrons. The molecule has 1 aromatic carbocycles. The summed E-state index contributed by atoms with van der Waals surface area (Å²) < 4.78 is 0. The van der Waals surface area contributed by atoms with Crippen LogP contribution in [0.2, 0.25) is 0 Å². The summed E-state index contributed by atoms with van der Waals surface area (Å²) in [7, 11) is 0. The minimum atomic E-state index is 0.507. The number of aromatic nitrogens is 1. The van der Waals surface area contributed by atoms with E-state index in [9.17, 15) is 0 Å². The predicted molar refractivity (Wildman–Crippen MR) is 64.9 cm³/mol. The van der Waals surface area contributed by atoms with E-state index in [0.29, 0.717) is 6.54 Å². The van der Waals surface area contributed by atoms with E-state index in [-0.39, 0.29) is 0 Å². The molecule has 0 unspecified atom stereocenters. The topological polar surface area (TPSA) is 38.9 Å². The lowest BCUT2D eigenvalue weighted by Gasteiger charge is -2.00. The van der Waals surface area contributed by atoms with Crippen LogP contribution < -0.4 is 5.73 Å². The molecular formula is C12H14N2S. The van der Waals surface area contributed by atoms with Gasteiger partial charge in [-0.3, -0.25) is 0 Å². The molecule has 1 heterocycles. The Bertz CT molecular complexity index is 457. The van der Waals surface area contributed by atoms with E-state index in [1.165, 1.54) is 16.0 Å². The fraction of sp³-hybridized carbons (Fsp3) is 0.250. The Hall–Kier alpha value is -1.19. The van der Waals surface area contributed by atoms with Crippen molar-refractivity contribution in [3.8, 4) is 10.4 Å². The number of hydrogen-bond donors (Lipinski definition) is 1. The largest absolute Gasteiger partial charge is 0.325 e. The van der Waals surface area contributed by atoms with Crippen molar-refractivity contribution in [2.45, 2.75) is 20.4 Å². The zero-order chi connectivity index (χ0) is 10.8. The Kier molecular flexibility index (Phi) is 2.84. The molecule has 0 aliphatic rings. The highest BCUT2D eigenvalue weighted by atomic mass is 32.1. The highest BCUT2D eigenvalue weighted by Gasteiger charge is 2.08. The third-order valence-electron chi connectivity index (χ3n) is 2.31. The summed E-state index contributed by atoms with van der Waals surface area (Å²) in [6.45, 7) is 4.61. The first kappa shape index (κ1) is 10.3. The second kappa shape index (κ2) is 4.13. The number of thiazole rings is 1. The van der Waals surface area contributed by atoms with Crippen LogP contribution in [0.3, 0.4) is 0 Å². The fourth-order valence-corrected chi connectivity index (χ4v) is 2.49. The van der Waals surface area contributed by atoms with Gasteiger partial charge in [0.05, 0.1) is 15.6 Å². The van der Waals surface area contributed by atoms with Crippen molar-refractivity contribution in [2.24, 2.45) is 5.73 Å². The van der Waals surface area contributed by atoms with E-state index in [0.717, 1.165) is 10.7 Å². The number of nitrogens with two attached hydrogens (primary N) is 1. The normalized spacial score (nSPS) is 10.6. The highest BCUT2D eigenvalue weighted by molar-refractivity contribution is 7.15. The maximum absolute atomic E-state index is 5.68. The molecule has 3 heteroatoms. The minimum absolute atomic E-state index is 0.507. The van der Waals surface area contributed by atoms with E-state index >= 15 is 0 Å². The third kappa shape index (κ3) is 2.08. The lowest BCUT2D eigenvalue weighted by molar-refractivity contribution is 1.00. The Morgan fingerprint density at radius 1 is 1.20 bits per heavy atom. The quantitative estimate of drug-likeness (QED) is 0.841. The zero-order valence-corrected chi connectivity index (χ0v) is 9.77. The van der Waals surface area contributed by atoms with Gasteiger partial charge < -0.3 is 5.73 Å². The van der Waals surface area contributed by atoms with Crippen LogP contribution in [0.4, 0.5) is 0 Å². The smallest absolute Gasteiger partial charge is 0.0904 e. The molecule has 0 atom stereocenters. The van der Waals surface area contributed by atoms with Gasteiger partial charge in [0, 0.05) is 6.54 Å². The van der Waals surface area contributed by atoms with Crippen LogP contribution in [0.15, 0.2) is 24.3 Å². The van der Waals surface area contributed by atoms with E-state index in [1.807, 2.05) is 6.92 Å². The molecule has 0 aliphatic heterocycles. The number of rotatable bonds is 2. The van der Waals surface area contributed by atoms with Gasteiger partial charge in [0.2, 0.25) is 0 Å². The summed E-state index contributed by atoms with van der Waals surface area (Å²) in [5, 5.41) is 1.08. The number of aryl methyl sites for hydroxylation is 2. The maximum Gasteiger partial charge on any atom is 0.0904 e. The Labute approximate surface area is 93.8 Å². The molecule has 0 amide bonds. The molecule has 2 N–H and O–H groups in total. The molecular weight excluding hydrogens is 204 g/mol. The Morgan fingerprint density at radius 2 is 1.87 bits per heavy atom. The van der Waals surface area contributed by atoms with Crippen LogP contribution in [0.5, 0.6) is 0 Å². The molecule has 0 fully saturated rings. The molecule has 0 saturated carbocycles. The molecule has 78 valence electrons. The summed E-state index contributed by atoms with van der Waals surface area (Å²) >= 11 is 1.71. The first-order valence-electron chi connectivity index (χ1n) is 4.94. The molecule has 2 rings (SSSR count). The van der Waals surface area contributed by atoms with Gasteiger partial charge in [-0.1, -0.05) is 29.8 Å². The summed E-state index contributed by atoms with van der Waals surface area (Å²) in [6.07, 6.45) is 0. The van der Waals surface area contributed by atoms with Crippen LogP contribution in [0, 0.1) is 13.8 Å². The monoisotopic (exact) mass is 218 g/mol. The van der Waals surface area contributed by atoms with E-state index in [2.05, 4.69) is 36.2 Å². The van der Waals surface area contributed by atoms with Crippen molar-refractivity contribution < 1.29 is 0 Å². The average Bonchev–Trinajstić information content (AvgIpc) is 2.61. The fourth-order valence-electron chi connectivity index (χ4n) is 1.54. The second-order valence-corrected chi connectivity index (χ2v) is 4.78. The third-order valence-corrected chi connectivity index (χ3v) is 3.37. The first-order chi connectivity index (χ1) is 7.20. The van der Waals surface area contributed by atoms with E-state index in [4.69, 9.17) is 5.73 Å². The van der Waals surface area contributed by atoms with Gasteiger partial charge in [-0.05, 0) is 19.4 Å². The molecule has 2 aromatic rings. The lowest BCUT2D eigenvalue weighted by Crippen LogP contribution is -1.98. The Balaban J connectivity index is 2.48. The minimum Gasteiger partial charge on any atom is -0.325 e. The maximum atomic E-state index is 5.68. The highest BCUT2D eigenvalue weighted by Crippen LogP contribution is 2.29. The summed E-state index contributed by atoms with van der Waals surface area (Å²) in [5.74, 6) is 0. The van der Waals surface area contributed by atoms with Crippen LogP contribution in [-0.2, 0) is 6.54 Å². The van der Waals surface area contributed by atoms with Crippen molar-refractivity contribution in [1.82, 2.24) is 4.98 Å². The van der Waals surface area contributed by atoms with Crippen molar-refractivity contribution >= 4 is 11.3 Å². The van der Waals surface area contributed by atoms with Gasteiger partial charge in [0.25, 0.3) is 0 Å². The number of nitrogens with zero attached hydrogens (tertiary/aromatic N) is 1. The molecule has 0 saturated heterocycles. The van der Waals surface area contributed by atoms with Gasteiger partial charge >= 0.3 is 0 Å². The van der Waals surface area contributed by atoms with Gasteiger partial charge in [0.1, 0.15) is 0 Å². The SMILES string of the molecule is Cc1ccc(-c2sc(C)nc2CN)cc1.